The molecule has 0 spiro atoms. The average Bonchev–Trinajstić information content (AvgIpc) is 3.37. The maximum atomic E-state index is 9.97. The third kappa shape index (κ3) is 6.92. The van der Waals surface area contributed by atoms with Gasteiger partial charge in [-0.15, -0.1) is 0 Å². The van der Waals surface area contributed by atoms with Gasteiger partial charge in [-0.3, -0.25) is 4.90 Å². The van der Waals surface area contributed by atoms with Gasteiger partial charge in [-0.1, -0.05) is 24.9 Å². The van der Waals surface area contributed by atoms with Crippen LogP contribution in [-0.2, 0) is 6.42 Å². The number of benzene rings is 3. The van der Waals surface area contributed by atoms with Gasteiger partial charge >= 0.3 is 0 Å². The molecule has 194 valence electrons. The van der Waals surface area contributed by atoms with Gasteiger partial charge in [-0.05, 0) is 112 Å². The SMILES string of the molecule is CCCCc1cc(Oc2ccc(Cl)cc2)ccc1-c1ncc(-c2ccc(OC(C(C)O)N(C)C)cc2)[nH]1. The number of nitrogens with zero attached hydrogens (tertiary/aromatic N) is 2. The quantitative estimate of drug-likeness (QED) is 0.205. The Hall–Kier alpha value is -3.32. The van der Waals surface area contributed by atoms with E-state index in [1.165, 1.54) is 5.56 Å². The molecule has 7 heteroatoms. The monoisotopic (exact) mass is 519 g/mol. The maximum Gasteiger partial charge on any atom is 0.177 e. The van der Waals surface area contributed by atoms with E-state index in [0.717, 1.165) is 53.4 Å². The van der Waals surface area contributed by atoms with Crippen LogP contribution in [0, 0.1) is 0 Å². The molecular weight excluding hydrogens is 486 g/mol. The molecule has 0 aliphatic rings. The van der Waals surface area contributed by atoms with Gasteiger partial charge in [0.25, 0.3) is 0 Å². The van der Waals surface area contributed by atoms with Crippen LogP contribution >= 0.6 is 11.6 Å². The molecule has 0 fully saturated rings. The number of likely N-dealkylation sites (N-methyl/N-ethyl adjacent to an activating group) is 1. The second kappa shape index (κ2) is 12.3. The molecule has 1 aromatic heterocycles. The van der Waals surface area contributed by atoms with Crippen molar-refractivity contribution in [1.82, 2.24) is 14.9 Å². The van der Waals surface area contributed by atoms with Crippen molar-refractivity contribution < 1.29 is 14.6 Å². The molecule has 3 aromatic carbocycles. The Labute approximate surface area is 223 Å². The summed E-state index contributed by atoms with van der Waals surface area (Å²) in [6.07, 6.45) is 3.93. The highest BCUT2D eigenvalue weighted by molar-refractivity contribution is 6.30. The van der Waals surface area contributed by atoms with Crippen molar-refractivity contribution in [2.75, 3.05) is 14.1 Å². The van der Waals surface area contributed by atoms with E-state index < -0.39 is 12.3 Å². The van der Waals surface area contributed by atoms with Gasteiger partial charge in [0.05, 0.1) is 11.9 Å². The molecule has 37 heavy (non-hydrogen) atoms. The Kier molecular flexibility index (Phi) is 8.87. The second-order valence-corrected chi connectivity index (χ2v) is 9.80. The minimum atomic E-state index is -0.616. The molecule has 0 radical (unpaired) electrons. The number of aromatic amines is 1. The Morgan fingerprint density at radius 3 is 2.30 bits per heavy atom. The summed E-state index contributed by atoms with van der Waals surface area (Å²) in [7, 11) is 3.76. The van der Waals surface area contributed by atoms with Crippen LogP contribution in [0.25, 0.3) is 22.6 Å². The lowest BCUT2D eigenvalue weighted by Crippen LogP contribution is -2.42. The molecule has 0 saturated carbocycles. The van der Waals surface area contributed by atoms with Crippen molar-refractivity contribution in [2.24, 2.45) is 0 Å². The van der Waals surface area contributed by atoms with Gasteiger partial charge in [-0.2, -0.15) is 0 Å². The molecule has 2 N–H and O–H groups in total. The summed E-state index contributed by atoms with van der Waals surface area (Å²) in [5.74, 6) is 3.05. The number of unbranched alkanes of at least 4 members (excludes halogenated alkanes) is 1. The Bertz CT molecular complexity index is 1280. The Morgan fingerprint density at radius 1 is 0.973 bits per heavy atom. The first kappa shape index (κ1) is 26.7. The number of aromatic nitrogens is 2. The van der Waals surface area contributed by atoms with E-state index in [-0.39, 0.29) is 0 Å². The first-order valence-electron chi connectivity index (χ1n) is 12.6. The number of aliphatic hydroxyl groups is 1. The summed E-state index contributed by atoms with van der Waals surface area (Å²) in [5, 5.41) is 10.7. The van der Waals surface area contributed by atoms with Crippen LogP contribution < -0.4 is 9.47 Å². The molecule has 4 aromatic rings. The minimum Gasteiger partial charge on any atom is -0.472 e. The van der Waals surface area contributed by atoms with Crippen molar-refractivity contribution in [2.45, 2.75) is 45.4 Å². The van der Waals surface area contributed by atoms with Crippen LogP contribution in [0.1, 0.15) is 32.3 Å². The lowest BCUT2D eigenvalue weighted by atomic mass is 10.0. The number of rotatable bonds is 11. The normalized spacial score (nSPS) is 12.9. The highest BCUT2D eigenvalue weighted by atomic mass is 35.5. The Balaban J connectivity index is 1.54. The third-order valence-corrected chi connectivity index (χ3v) is 6.35. The molecule has 2 unspecified atom stereocenters. The molecule has 1 heterocycles. The predicted molar refractivity (Wildman–Crippen MR) is 149 cm³/mol. The number of nitrogens with one attached hydrogen (secondary N) is 1. The third-order valence-electron chi connectivity index (χ3n) is 6.10. The van der Waals surface area contributed by atoms with Gasteiger partial charge < -0.3 is 19.6 Å². The highest BCUT2D eigenvalue weighted by Crippen LogP contribution is 2.32. The van der Waals surface area contributed by atoms with Crippen molar-refractivity contribution in [3.05, 3.63) is 83.5 Å². The molecule has 0 bridgehead atoms. The van der Waals surface area contributed by atoms with Crippen molar-refractivity contribution in [3.8, 4) is 39.9 Å². The number of imidazole rings is 1. The zero-order valence-electron chi connectivity index (χ0n) is 21.7. The summed E-state index contributed by atoms with van der Waals surface area (Å²) in [6.45, 7) is 3.91. The average molecular weight is 520 g/mol. The van der Waals surface area contributed by atoms with E-state index in [1.54, 1.807) is 6.92 Å². The number of aryl methyl sites for hydroxylation is 1. The van der Waals surface area contributed by atoms with E-state index in [0.29, 0.717) is 10.8 Å². The van der Waals surface area contributed by atoms with Gasteiger partial charge in [-0.25, -0.2) is 4.98 Å². The van der Waals surface area contributed by atoms with Crippen LogP contribution in [0.5, 0.6) is 17.2 Å². The summed E-state index contributed by atoms with van der Waals surface area (Å²) in [4.78, 5) is 10.0. The lowest BCUT2D eigenvalue weighted by molar-refractivity contribution is -0.0348. The van der Waals surface area contributed by atoms with Crippen molar-refractivity contribution in [1.29, 1.82) is 0 Å². The molecule has 2 atom stereocenters. The smallest absolute Gasteiger partial charge is 0.177 e. The van der Waals surface area contributed by atoms with E-state index >= 15 is 0 Å². The van der Waals surface area contributed by atoms with Gasteiger partial charge in [0.1, 0.15) is 29.2 Å². The molecule has 0 amide bonds. The maximum absolute atomic E-state index is 9.97. The zero-order valence-corrected chi connectivity index (χ0v) is 22.5. The zero-order chi connectivity index (χ0) is 26.4. The molecule has 0 aliphatic heterocycles. The minimum absolute atomic E-state index is 0.419. The van der Waals surface area contributed by atoms with Crippen molar-refractivity contribution >= 4 is 11.6 Å². The second-order valence-electron chi connectivity index (χ2n) is 9.36. The van der Waals surface area contributed by atoms with Crippen LogP contribution in [-0.4, -0.2) is 46.4 Å². The molecular formula is C30H34ClN3O3. The van der Waals surface area contributed by atoms with E-state index in [2.05, 4.69) is 24.0 Å². The fourth-order valence-corrected chi connectivity index (χ4v) is 4.30. The summed E-state index contributed by atoms with van der Waals surface area (Å²) >= 11 is 6.00. The molecule has 4 rings (SSSR count). The topological polar surface area (TPSA) is 70.6 Å². The number of hydrogen-bond acceptors (Lipinski definition) is 5. The Morgan fingerprint density at radius 2 is 1.65 bits per heavy atom. The standard InChI is InChI=1S/C30H34ClN3O3/c1-5-6-7-22-18-26(36-24-14-10-23(31)11-15-24)16-17-27(22)29-32-19-28(33-29)21-8-12-25(13-9-21)37-30(20(2)35)34(3)4/h8-20,30,35H,5-7H2,1-4H3,(H,32,33). The highest BCUT2D eigenvalue weighted by Gasteiger charge is 2.19. The predicted octanol–water partition coefficient (Wildman–Crippen LogP) is 7.18. The van der Waals surface area contributed by atoms with Gasteiger partial charge in [0.15, 0.2) is 6.23 Å². The van der Waals surface area contributed by atoms with Crippen LogP contribution in [0.2, 0.25) is 5.02 Å². The van der Waals surface area contributed by atoms with E-state index in [1.807, 2.05) is 79.8 Å². The molecule has 0 aliphatic carbocycles. The fraction of sp³-hybridized carbons (Fsp3) is 0.300. The van der Waals surface area contributed by atoms with Crippen molar-refractivity contribution in [3.63, 3.8) is 0 Å². The number of hydrogen-bond donors (Lipinski definition) is 2. The first-order valence-corrected chi connectivity index (χ1v) is 12.9. The van der Waals surface area contributed by atoms with E-state index in [9.17, 15) is 5.11 Å². The lowest BCUT2D eigenvalue weighted by Gasteiger charge is -2.27. The van der Waals surface area contributed by atoms with Gasteiger partial charge in [0, 0.05) is 10.6 Å². The van der Waals surface area contributed by atoms with Crippen LogP contribution in [0.3, 0.4) is 0 Å². The number of H-pyrrole nitrogens is 1. The van der Waals surface area contributed by atoms with Crippen LogP contribution in [0.15, 0.2) is 72.9 Å². The number of halogens is 1. The molecule has 6 nitrogen and oxygen atoms in total. The molecule has 0 saturated heterocycles. The number of aliphatic hydroxyl groups excluding tert-OH is 1. The van der Waals surface area contributed by atoms with E-state index in [4.69, 9.17) is 26.1 Å². The first-order chi connectivity index (χ1) is 17.8. The largest absolute Gasteiger partial charge is 0.472 e. The van der Waals surface area contributed by atoms with Crippen LogP contribution in [0.4, 0.5) is 0 Å². The van der Waals surface area contributed by atoms with Gasteiger partial charge in [0.2, 0.25) is 0 Å². The fourth-order valence-electron chi connectivity index (χ4n) is 4.17. The summed E-state index contributed by atoms with van der Waals surface area (Å²) < 4.78 is 12.0. The summed E-state index contributed by atoms with van der Waals surface area (Å²) in [5.41, 5.74) is 4.17. The summed E-state index contributed by atoms with van der Waals surface area (Å²) in [6, 6.07) is 21.3. The number of ether oxygens (including phenoxy) is 2.